The van der Waals surface area contributed by atoms with Gasteiger partial charge in [0.2, 0.25) is 5.88 Å². The van der Waals surface area contributed by atoms with Crippen molar-refractivity contribution in [3.63, 3.8) is 0 Å². The standard InChI is InChI=1S/C18H25N5O/c1-5-20-8-14-12(2)10-23(11-15(14)19-4)16-9-22-18-17(13(16)3)21-6-7-24-18/h8-9,12,21H,4-7,10-11H2,1-3H3. The molecule has 6 heteroatoms. The number of hydrogen-bond donors (Lipinski definition) is 1. The van der Waals surface area contributed by atoms with Gasteiger partial charge in [0.25, 0.3) is 0 Å². The molecule has 6 nitrogen and oxygen atoms in total. The molecule has 2 aliphatic rings. The van der Waals surface area contributed by atoms with Gasteiger partial charge >= 0.3 is 0 Å². The van der Waals surface area contributed by atoms with Crippen molar-refractivity contribution in [1.82, 2.24) is 4.98 Å². The Bertz CT molecular complexity index is 695. The van der Waals surface area contributed by atoms with Crippen LogP contribution < -0.4 is 15.0 Å². The Kier molecular flexibility index (Phi) is 4.83. The SMILES string of the molecule is C=NC1=C(C=NCC)C(C)CN(c2cnc3c(c2C)NCCO3)C1. The highest BCUT2D eigenvalue weighted by Crippen LogP contribution is 2.36. The molecule has 1 unspecified atom stereocenters. The monoisotopic (exact) mass is 327 g/mol. The Morgan fingerprint density at radius 2 is 2.38 bits per heavy atom. The van der Waals surface area contributed by atoms with Crippen molar-refractivity contribution in [2.45, 2.75) is 20.8 Å². The summed E-state index contributed by atoms with van der Waals surface area (Å²) in [5, 5.41) is 3.40. The normalized spacial score (nSPS) is 20.6. The molecule has 2 aliphatic heterocycles. The van der Waals surface area contributed by atoms with E-state index in [-0.39, 0.29) is 0 Å². The lowest BCUT2D eigenvalue weighted by Crippen LogP contribution is -2.37. The van der Waals surface area contributed by atoms with Gasteiger partial charge < -0.3 is 15.0 Å². The molecule has 1 aromatic rings. The van der Waals surface area contributed by atoms with Crippen LogP contribution in [0.15, 0.2) is 27.5 Å². The first kappa shape index (κ1) is 16.5. The van der Waals surface area contributed by atoms with Gasteiger partial charge in [0.15, 0.2) is 0 Å². The van der Waals surface area contributed by atoms with Crippen LogP contribution in [0.2, 0.25) is 0 Å². The van der Waals surface area contributed by atoms with Gasteiger partial charge in [-0.25, -0.2) is 4.98 Å². The van der Waals surface area contributed by atoms with Gasteiger partial charge in [-0.3, -0.25) is 9.98 Å². The average molecular weight is 327 g/mol. The van der Waals surface area contributed by atoms with Crippen LogP contribution in [0.25, 0.3) is 0 Å². The van der Waals surface area contributed by atoms with Crippen molar-refractivity contribution in [3.05, 3.63) is 23.0 Å². The maximum atomic E-state index is 5.62. The van der Waals surface area contributed by atoms with Crippen LogP contribution in [-0.4, -0.2) is 50.7 Å². The van der Waals surface area contributed by atoms with Crippen LogP contribution in [0, 0.1) is 12.8 Å². The van der Waals surface area contributed by atoms with E-state index >= 15 is 0 Å². The number of hydrogen-bond acceptors (Lipinski definition) is 6. The number of ether oxygens (including phenoxy) is 1. The second-order valence-electron chi connectivity index (χ2n) is 6.19. The Balaban J connectivity index is 1.93. The molecule has 0 radical (unpaired) electrons. The Labute approximate surface area is 143 Å². The van der Waals surface area contributed by atoms with Crippen LogP contribution in [0.3, 0.4) is 0 Å². The second-order valence-corrected chi connectivity index (χ2v) is 6.19. The minimum absolute atomic E-state index is 0.342. The van der Waals surface area contributed by atoms with Crippen molar-refractivity contribution in [2.24, 2.45) is 15.9 Å². The van der Waals surface area contributed by atoms with E-state index < -0.39 is 0 Å². The van der Waals surface area contributed by atoms with Gasteiger partial charge in [0.1, 0.15) is 12.3 Å². The summed E-state index contributed by atoms with van der Waals surface area (Å²) in [6.07, 6.45) is 3.86. The first-order chi connectivity index (χ1) is 11.7. The molecule has 128 valence electrons. The molecule has 0 spiro atoms. The molecule has 1 aromatic heterocycles. The topological polar surface area (TPSA) is 62.1 Å². The summed E-state index contributed by atoms with van der Waals surface area (Å²) >= 11 is 0. The molecule has 3 rings (SSSR count). The molecule has 0 saturated heterocycles. The zero-order valence-electron chi connectivity index (χ0n) is 14.7. The molecule has 1 N–H and O–H groups in total. The fourth-order valence-corrected chi connectivity index (χ4v) is 3.30. The number of nitrogens with zero attached hydrogens (tertiary/aromatic N) is 4. The van der Waals surface area contributed by atoms with E-state index in [1.165, 1.54) is 11.1 Å². The third-order valence-corrected chi connectivity index (χ3v) is 4.56. The molecule has 0 bridgehead atoms. The van der Waals surface area contributed by atoms with E-state index in [9.17, 15) is 0 Å². The zero-order valence-corrected chi connectivity index (χ0v) is 14.7. The zero-order chi connectivity index (χ0) is 17.1. The first-order valence-electron chi connectivity index (χ1n) is 8.46. The molecule has 3 heterocycles. The predicted molar refractivity (Wildman–Crippen MR) is 99.9 cm³/mol. The van der Waals surface area contributed by atoms with Gasteiger partial charge in [-0.1, -0.05) is 6.92 Å². The molecule has 0 aromatic carbocycles. The molecule has 0 saturated carbocycles. The highest BCUT2D eigenvalue weighted by Gasteiger charge is 2.26. The largest absolute Gasteiger partial charge is 0.474 e. The van der Waals surface area contributed by atoms with E-state index in [4.69, 9.17) is 4.74 Å². The summed E-state index contributed by atoms with van der Waals surface area (Å²) in [6, 6.07) is 0. The Hall–Kier alpha value is -2.37. The minimum Gasteiger partial charge on any atom is -0.474 e. The Morgan fingerprint density at radius 1 is 1.54 bits per heavy atom. The van der Waals surface area contributed by atoms with Gasteiger partial charge in [-0.15, -0.1) is 0 Å². The minimum atomic E-state index is 0.342. The lowest BCUT2D eigenvalue weighted by atomic mass is 9.94. The number of aliphatic imine (C=N–C) groups is 2. The average Bonchev–Trinajstić information content (AvgIpc) is 2.60. The summed E-state index contributed by atoms with van der Waals surface area (Å²) in [6.45, 7) is 14.0. The number of rotatable bonds is 4. The molecule has 0 aliphatic carbocycles. The summed E-state index contributed by atoms with van der Waals surface area (Å²) < 4.78 is 5.62. The van der Waals surface area contributed by atoms with E-state index in [2.05, 4.69) is 45.8 Å². The van der Waals surface area contributed by atoms with Crippen LogP contribution in [0.5, 0.6) is 5.88 Å². The molecular weight excluding hydrogens is 302 g/mol. The highest BCUT2D eigenvalue weighted by atomic mass is 16.5. The van der Waals surface area contributed by atoms with E-state index in [0.717, 1.165) is 43.3 Å². The van der Waals surface area contributed by atoms with E-state index in [1.54, 1.807) is 0 Å². The molecule has 24 heavy (non-hydrogen) atoms. The second kappa shape index (κ2) is 7.03. The fourth-order valence-electron chi connectivity index (χ4n) is 3.30. The third kappa shape index (κ3) is 3.00. The maximum absolute atomic E-state index is 5.62. The van der Waals surface area contributed by atoms with Crippen molar-refractivity contribution in [3.8, 4) is 5.88 Å². The van der Waals surface area contributed by atoms with Gasteiger partial charge in [-0.2, -0.15) is 0 Å². The van der Waals surface area contributed by atoms with Crippen molar-refractivity contribution < 1.29 is 4.74 Å². The summed E-state index contributed by atoms with van der Waals surface area (Å²) in [5.41, 5.74) is 5.47. The van der Waals surface area contributed by atoms with Crippen LogP contribution >= 0.6 is 0 Å². The van der Waals surface area contributed by atoms with Crippen molar-refractivity contribution in [2.75, 3.05) is 43.0 Å². The summed E-state index contributed by atoms with van der Waals surface area (Å²) in [7, 11) is 0. The maximum Gasteiger partial charge on any atom is 0.237 e. The number of fused-ring (bicyclic) bond motifs is 1. The number of nitrogens with one attached hydrogen (secondary N) is 1. The van der Waals surface area contributed by atoms with Crippen LogP contribution in [-0.2, 0) is 0 Å². The smallest absolute Gasteiger partial charge is 0.237 e. The lowest BCUT2D eigenvalue weighted by Gasteiger charge is -2.35. The molecule has 0 amide bonds. The van der Waals surface area contributed by atoms with Crippen molar-refractivity contribution in [1.29, 1.82) is 0 Å². The number of anilines is 2. The van der Waals surface area contributed by atoms with E-state index in [1.807, 2.05) is 19.3 Å². The molecule has 0 fully saturated rings. The summed E-state index contributed by atoms with van der Waals surface area (Å²) in [5.74, 6) is 1.04. The Morgan fingerprint density at radius 3 is 3.12 bits per heavy atom. The van der Waals surface area contributed by atoms with Gasteiger partial charge in [0, 0.05) is 37.3 Å². The summed E-state index contributed by atoms with van der Waals surface area (Å²) in [4.78, 5) is 15.5. The van der Waals surface area contributed by atoms with Crippen LogP contribution in [0.1, 0.15) is 19.4 Å². The van der Waals surface area contributed by atoms with E-state index in [0.29, 0.717) is 18.4 Å². The van der Waals surface area contributed by atoms with Crippen LogP contribution in [0.4, 0.5) is 11.4 Å². The molecular formula is C18H25N5O. The quantitative estimate of drug-likeness (QED) is 0.864. The highest BCUT2D eigenvalue weighted by molar-refractivity contribution is 5.82. The third-order valence-electron chi connectivity index (χ3n) is 4.56. The first-order valence-corrected chi connectivity index (χ1v) is 8.46. The number of pyridine rings is 1. The lowest BCUT2D eigenvalue weighted by molar-refractivity contribution is 0.310. The molecule has 1 atom stereocenters. The van der Waals surface area contributed by atoms with Gasteiger partial charge in [-0.05, 0) is 26.1 Å². The van der Waals surface area contributed by atoms with Crippen molar-refractivity contribution >= 4 is 24.3 Å². The number of aromatic nitrogens is 1. The van der Waals surface area contributed by atoms with Gasteiger partial charge in [0.05, 0.1) is 24.1 Å². The predicted octanol–water partition coefficient (Wildman–Crippen LogP) is 2.70. The fraction of sp³-hybridized carbons (Fsp3) is 0.500.